The van der Waals surface area contributed by atoms with E-state index >= 15 is 0 Å². The predicted molar refractivity (Wildman–Crippen MR) is 106 cm³/mol. The molecule has 1 aliphatic rings. The number of hydrogen-bond acceptors (Lipinski definition) is 2. The first-order chi connectivity index (χ1) is 11.6. The SMILES string of the molecule is CCC(C(=O)O)(c1cccc2ccccc12)C(C)N1CCCCC1.Cl. The molecule has 0 saturated carbocycles. The molecule has 2 unspecified atom stereocenters. The molecule has 2 aromatic carbocycles. The van der Waals surface area contributed by atoms with Crippen LogP contribution in [0.5, 0.6) is 0 Å². The summed E-state index contributed by atoms with van der Waals surface area (Å²) in [5.41, 5.74) is 0.0757. The maximum atomic E-state index is 12.6. The average molecular weight is 362 g/mol. The van der Waals surface area contributed by atoms with Crippen LogP contribution in [0.25, 0.3) is 10.8 Å². The molecule has 136 valence electrons. The molecule has 1 heterocycles. The second-order valence-corrected chi connectivity index (χ2v) is 6.93. The van der Waals surface area contributed by atoms with Gasteiger partial charge < -0.3 is 5.11 Å². The third-order valence-corrected chi connectivity index (χ3v) is 5.86. The van der Waals surface area contributed by atoms with Gasteiger partial charge in [0.2, 0.25) is 0 Å². The number of rotatable bonds is 5. The van der Waals surface area contributed by atoms with Crippen LogP contribution in [0.4, 0.5) is 0 Å². The minimum absolute atomic E-state index is 0. The van der Waals surface area contributed by atoms with Crippen molar-refractivity contribution in [1.29, 1.82) is 0 Å². The molecule has 0 radical (unpaired) electrons. The molecule has 2 aromatic rings. The lowest BCUT2D eigenvalue weighted by atomic mass is 9.70. The van der Waals surface area contributed by atoms with Gasteiger partial charge in [-0.2, -0.15) is 0 Å². The fourth-order valence-corrected chi connectivity index (χ4v) is 4.39. The van der Waals surface area contributed by atoms with E-state index in [1.54, 1.807) is 0 Å². The maximum absolute atomic E-state index is 12.6. The highest BCUT2D eigenvalue weighted by Crippen LogP contribution is 2.39. The Morgan fingerprint density at radius 1 is 1.12 bits per heavy atom. The predicted octanol–water partition coefficient (Wildman–Crippen LogP) is 4.87. The fourth-order valence-electron chi connectivity index (χ4n) is 4.39. The Hall–Kier alpha value is -1.58. The van der Waals surface area contributed by atoms with Gasteiger partial charge in [0.05, 0.1) is 0 Å². The van der Waals surface area contributed by atoms with Crippen molar-refractivity contribution >= 4 is 29.1 Å². The highest BCUT2D eigenvalue weighted by molar-refractivity contribution is 5.93. The Morgan fingerprint density at radius 3 is 2.40 bits per heavy atom. The molecule has 1 saturated heterocycles. The van der Waals surface area contributed by atoms with Gasteiger partial charge in [0.15, 0.2) is 0 Å². The summed E-state index contributed by atoms with van der Waals surface area (Å²) in [5, 5.41) is 12.5. The van der Waals surface area contributed by atoms with Gasteiger partial charge in [-0.05, 0) is 55.6 Å². The van der Waals surface area contributed by atoms with E-state index in [4.69, 9.17) is 0 Å². The van der Waals surface area contributed by atoms with E-state index < -0.39 is 11.4 Å². The summed E-state index contributed by atoms with van der Waals surface area (Å²) < 4.78 is 0. The number of carboxylic acids is 1. The van der Waals surface area contributed by atoms with Crippen LogP contribution >= 0.6 is 12.4 Å². The summed E-state index contributed by atoms with van der Waals surface area (Å²) >= 11 is 0. The molecule has 3 rings (SSSR count). The zero-order chi connectivity index (χ0) is 17.2. The monoisotopic (exact) mass is 361 g/mol. The number of halogens is 1. The molecule has 1 fully saturated rings. The molecular formula is C21H28ClNO2. The molecule has 2 atom stereocenters. The Morgan fingerprint density at radius 2 is 1.76 bits per heavy atom. The van der Waals surface area contributed by atoms with Crippen molar-refractivity contribution in [3.63, 3.8) is 0 Å². The van der Waals surface area contributed by atoms with Crippen LogP contribution in [-0.2, 0) is 10.2 Å². The van der Waals surface area contributed by atoms with Gasteiger partial charge in [-0.25, -0.2) is 0 Å². The number of aliphatic carboxylic acids is 1. The molecular weight excluding hydrogens is 334 g/mol. The quantitative estimate of drug-likeness (QED) is 0.826. The van der Waals surface area contributed by atoms with Gasteiger partial charge in [0.1, 0.15) is 5.41 Å². The Bertz CT molecular complexity index is 721. The van der Waals surface area contributed by atoms with Gasteiger partial charge >= 0.3 is 5.97 Å². The van der Waals surface area contributed by atoms with Crippen molar-refractivity contribution in [2.24, 2.45) is 0 Å². The van der Waals surface area contributed by atoms with Crippen molar-refractivity contribution in [2.75, 3.05) is 13.1 Å². The Kier molecular flexibility index (Phi) is 6.47. The first-order valence-electron chi connectivity index (χ1n) is 9.07. The molecule has 1 N–H and O–H groups in total. The van der Waals surface area contributed by atoms with E-state index in [9.17, 15) is 9.90 Å². The smallest absolute Gasteiger partial charge is 0.315 e. The van der Waals surface area contributed by atoms with E-state index in [0.717, 1.165) is 29.4 Å². The van der Waals surface area contributed by atoms with Crippen LogP contribution in [0.2, 0.25) is 0 Å². The van der Waals surface area contributed by atoms with Crippen molar-refractivity contribution in [3.05, 3.63) is 48.0 Å². The first-order valence-corrected chi connectivity index (χ1v) is 9.07. The number of carboxylic acid groups (broad SMARTS) is 1. The fraction of sp³-hybridized carbons (Fsp3) is 0.476. The second kappa shape index (κ2) is 8.20. The lowest BCUT2D eigenvalue weighted by Gasteiger charge is -2.43. The molecule has 4 heteroatoms. The van der Waals surface area contributed by atoms with Gasteiger partial charge in [0.25, 0.3) is 0 Å². The summed E-state index contributed by atoms with van der Waals surface area (Å²) in [4.78, 5) is 14.9. The van der Waals surface area contributed by atoms with Crippen LogP contribution in [0.15, 0.2) is 42.5 Å². The Labute approximate surface area is 156 Å². The van der Waals surface area contributed by atoms with Gasteiger partial charge in [0, 0.05) is 6.04 Å². The third-order valence-electron chi connectivity index (χ3n) is 5.86. The second-order valence-electron chi connectivity index (χ2n) is 6.93. The number of benzene rings is 2. The van der Waals surface area contributed by atoms with Crippen molar-refractivity contribution in [2.45, 2.75) is 51.0 Å². The summed E-state index contributed by atoms with van der Waals surface area (Å²) in [7, 11) is 0. The lowest BCUT2D eigenvalue weighted by Crippen LogP contribution is -2.54. The number of fused-ring (bicyclic) bond motifs is 1. The van der Waals surface area contributed by atoms with Crippen LogP contribution < -0.4 is 0 Å². The molecule has 0 spiro atoms. The summed E-state index contributed by atoms with van der Waals surface area (Å²) in [6.45, 7) is 6.11. The first kappa shape index (κ1) is 19.7. The molecule has 0 amide bonds. The molecule has 1 aliphatic heterocycles. The number of piperidine rings is 1. The summed E-state index contributed by atoms with van der Waals surface area (Å²) in [6.07, 6.45) is 4.18. The van der Waals surface area contributed by atoms with Crippen LogP contribution in [-0.4, -0.2) is 35.1 Å². The lowest BCUT2D eigenvalue weighted by molar-refractivity contribution is -0.147. The Balaban J connectivity index is 0.00000225. The van der Waals surface area contributed by atoms with Crippen molar-refractivity contribution < 1.29 is 9.90 Å². The van der Waals surface area contributed by atoms with E-state index in [-0.39, 0.29) is 18.4 Å². The molecule has 3 nitrogen and oxygen atoms in total. The van der Waals surface area contributed by atoms with Gasteiger partial charge in [-0.3, -0.25) is 9.69 Å². The number of nitrogens with zero attached hydrogens (tertiary/aromatic N) is 1. The zero-order valence-electron chi connectivity index (χ0n) is 15.1. The van der Waals surface area contributed by atoms with E-state index in [0.29, 0.717) is 6.42 Å². The van der Waals surface area contributed by atoms with Crippen LogP contribution in [0.1, 0.15) is 45.1 Å². The van der Waals surface area contributed by atoms with Gasteiger partial charge in [-0.15, -0.1) is 12.4 Å². The highest BCUT2D eigenvalue weighted by atomic mass is 35.5. The number of hydrogen-bond donors (Lipinski definition) is 1. The minimum atomic E-state index is -0.877. The van der Waals surface area contributed by atoms with Crippen LogP contribution in [0.3, 0.4) is 0 Å². The van der Waals surface area contributed by atoms with Crippen molar-refractivity contribution in [3.8, 4) is 0 Å². The third kappa shape index (κ3) is 3.40. The van der Waals surface area contributed by atoms with Crippen LogP contribution in [0, 0.1) is 0 Å². The number of carbonyl (C=O) groups is 1. The highest BCUT2D eigenvalue weighted by Gasteiger charge is 2.47. The normalized spacial score (nSPS) is 19.0. The molecule has 25 heavy (non-hydrogen) atoms. The summed E-state index contributed by atoms with van der Waals surface area (Å²) in [5.74, 6) is -0.709. The van der Waals surface area contributed by atoms with E-state index in [1.165, 1.54) is 19.3 Å². The van der Waals surface area contributed by atoms with Crippen molar-refractivity contribution in [1.82, 2.24) is 4.90 Å². The molecule has 0 aliphatic carbocycles. The zero-order valence-corrected chi connectivity index (χ0v) is 15.9. The molecule has 0 bridgehead atoms. The average Bonchev–Trinajstić information content (AvgIpc) is 2.63. The largest absolute Gasteiger partial charge is 0.481 e. The maximum Gasteiger partial charge on any atom is 0.315 e. The number of likely N-dealkylation sites (tertiary alicyclic amines) is 1. The molecule has 0 aromatic heterocycles. The minimum Gasteiger partial charge on any atom is -0.481 e. The summed E-state index contributed by atoms with van der Waals surface area (Å²) in [6, 6.07) is 14.2. The van der Waals surface area contributed by atoms with E-state index in [2.05, 4.69) is 30.0 Å². The topological polar surface area (TPSA) is 40.5 Å². The van der Waals surface area contributed by atoms with E-state index in [1.807, 2.05) is 31.2 Å². The standard InChI is InChI=1S/C21H27NO2.ClH/c1-3-21(20(23)24,16(2)22-14-7-4-8-15-22)19-13-9-11-17-10-5-6-12-18(17)19;/h5-6,9-13,16H,3-4,7-8,14-15H2,1-2H3,(H,23,24);1H. The van der Waals surface area contributed by atoms with Gasteiger partial charge in [-0.1, -0.05) is 55.8 Å².